The summed E-state index contributed by atoms with van der Waals surface area (Å²) in [4.78, 5) is 13.0. The van der Waals surface area contributed by atoms with Gasteiger partial charge in [-0.3, -0.25) is 0 Å². The van der Waals surface area contributed by atoms with E-state index in [1.807, 2.05) is 13.8 Å². The van der Waals surface area contributed by atoms with Crippen molar-refractivity contribution in [2.45, 2.75) is 25.9 Å². The van der Waals surface area contributed by atoms with Crippen molar-refractivity contribution >= 4 is 6.09 Å². The molecule has 0 aromatic carbocycles. The minimum Gasteiger partial charge on any atom is -0.453 e. The van der Waals surface area contributed by atoms with E-state index in [0.717, 1.165) is 13.1 Å². The van der Waals surface area contributed by atoms with Crippen molar-refractivity contribution in [1.29, 1.82) is 0 Å². The van der Waals surface area contributed by atoms with Gasteiger partial charge >= 0.3 is 6.09 Å². The molecule has 1 N–H and O–H groups in total. The van der Waals surface area contributed by atoms with Crippen LogP contribution in [0.2, 0.25) is 0 Å². The van der Waals surface area contributed by atoms with E-state index in [2.05, 4.69) is 10.1 Å². The molecule has 1 heterocycles. The number of hydrogen-bond acceptors (Lipinski definition) is 3. The number of nitrogens with zero attached hydrogens (tertiary/aromatic N) is 1. The molecule has 0 spiro atoms. The first kappa shape index (κ1) is 9.32. The van der Waals surface area contributed by atoms with Crippen molar-refractivity contribution < 1.29 is 9.53 Å². The molecule has 4 nitrogen and oxygen atoms in total. The molecule has 0 saturated carbocycles. The zero-order valence-corrected chi connectivity index (χ0v) is 7.83. The zero-order chi connectivity index (χ0) is 9.14. The average molecular weight is 172 g/mol. The van der Waals surface area contributed by atoms with Gasteiger partial charge < -0.3 is 15.0 Å². The Morgan fingerprint density at radius 3 is 2.33 bits per heavy atom. The van der Waals surface area contributed by atoms with Crippen molar-refractivity contribution in [2.24, 2.45) is 0 Å². The fourth-order valence-electron chi connectivity index (χ4n) is 1.60. The third-order valence-electron chi connectivity index (χ3n) is 2.21. The minimum absolute atomic E-state index is 0.223. The molecule has 70 valence electrons. The Labute approximate surface area is 72.9 Å². The molecular weight excluding hydrogens is 156 g/mol. The highest BCUT2D eigenvalue weighted by atomic mass is 16.5. The molecule has 0 aromatic rings. The molecule has 1 saturated heterocycles. The van der Waals surface area contributed by atoms with Crippen molar-refractivity contribution in [3.63, 3.8) is 0 Å². The maximum absolute atomic E-state index is 11.3. The molecule has 0 aromatic heterocycles. The van der Waals surface area contributed by atoms with Gasteiger partial charge in [-0.05, 0) is 13.8 Å². The lowest BCUT2D eigenvalue weighted by atomic mass is 10.1. The first-order valence-electron chi connectivity index (χ1n) is 4.23. The Morgan fingerprint density at radius 1 is 1.42 bits per heavy atom. The van der Waals surface area contributed by atoms with Crippen LogP contribution in [0.3, 0.4) is 0 Å². The fraction of sp³-hybridized carbons (Fsp3) is 0.875. The molecular formula is C8H16N2O2. The Morgan fingerprint density at radius 2 is 1.92 bits per heavy atom. The summed E-state index contributed by atoms with van der Waals surface area (Å²) in [6.45, 7) is 5.72. The molecule has 0 unspecified atom stereocenters. The third-order valence-corrected chi connectivity index (χ3v) is 2.21. The summed E-state index contributed by atoms with van der Waals surface area (Å²) < 4.78 is 4.69. The van der Waals surface area contributed by atoms with Crippen LogP contribution in [0.1, 0.15) is 13.8 Å². The van der Waals surface area contributed by atoms with Gasteiger partial charge in [0.05, 0.1) is 7.11 Å². The maximum Gasteiger partial charge on any atom is 0.410 e. The van der Waals surface area contributed by atoms with E-state index in [1.165, 1.54) is 7.11 Å². The fourth-order valence-corrected chi connectivity index (χ4v) is 1.60. The van der Waals surface area contributed by atoms with E-state index in [9.17, 15) is 4.79 Å². The summed E-state index contributed by atoms with van der Waals surface area (Å²) in [5.74, 6) is 0. The van der Waals surface area contributed by atoms with Crippen molar-refractivity contribution in [3.05, 3.63) is 0 Å². The predicted molar refractivity (Wildman–Crippen MR) is 46.0 cm³/mol. The second-order valence-corrected chi connectivity index (χ2v) is 3.23. The van der Waals surface area contributed by atoms with Crippen LogP contribution in [-0.4, -0.2) is 43.3 Å². The highest BCUT2D eigenvalue weighted by Crippen LogP contribution is 2.10. The van der Waals surface area contributed by atoms with Gasteiger partial charge in [0, 0.05) is 25.2 Å². The van der Waals surface area contributed by atoms with Crippen LogP contribution >= 0.6 is 0 Å². The standard InChI is InChI=1S/C8H16N2O2/c1-6-4-9-5-7(2)10(6)8(11)12-3/h6-7,9H,4-5H2,1-3H3/t6-,7+. The topological polar surface area (TPSA) is 41.6 Å². The van der Waals surface area contributed by atoms with Crippen LogP contribution in [0, 0.1) is 0 Å². The Hall–Kier alpha value is -0.770. The van der Waals surface area contributed by atoms with Crippen LogP contribution in [0.5, 0.6) is 0 Å². The summed E-state index contributed by atoms with van der Waals surface area (Å²) in [6.07, 6.45) is -0.225. The quantitative estimate of drug-likeness (QED) is 0.576. The molecule has 0 radical (unpaired) electrons. The van der Waals surface area contributed by atoms with Gasteiger partial charge in [0.15, 0.2) is 0 Å². The molecule has 4 heteroatoms. The molecule has 1 fully saturated rings. The van der Waals surface area contributed by atoms with E-state index < -0.39 is 0 Å². The van der Waals surface area contributed by atoms with Gasteiger partial charge in [0.2, 0.25) is 0 Å². The molecule has 0 aliphatic carbocycles. The lowest BCUT2D eigenvalue weighted by Gasteiger charge is -2.38. The summed E-state index contributed by atoms with van der Waals surface area (Å²) >= 11 is 0. The third kappa shape index (κ3) is 1.69. The lowest BCUT2D eigenvalue weighted by Crippen LogP contribution is -2.57. The molecule has 1 rings (SSSR count). The molecule has 1 amide bonds. The Bertz CT molecular complexity index is 162. The SMILES string of the molecule is COC(=O)N1[C@H](C)CNC[C@@H]1C. The van der Waals surface area contributed by atoms with E-state index in [0.29, 0.717) is 0 Å². The largest absolute Gasteiger partial charge is 0.453 e. The van der Waals surface area contributed by atoms with Gasteiger partial charge in [-0.2, -0.15) is 0 Å². The number of rotatable bonds is 0. The number of carbonyl (C=O) groups is 1. The van der Waals surface area contributed by atoms with E-state index >= 15 is 0 Å². The number of methoxy groups -OCH3 is 1. The van der Waals surface area contributed by atoms with Crippen LogP contribution in [-0.2, 0) is 4.74 Å². The van der Waals surface area contributed by atoms with Gasteiger partial charge in [-0.25, -0.2) is 4.79 Å². The zero-order valence-electron chi connectivity index (χ0n) is 7.83. The highest BCUT2D eigenvalue weighted by Gasteiger charge is 2.29. The first-order valence-corrected chi connectivity index (χ1v) is 4.23. The number of ether oxygens (including phenoxy) is 1. The highest BCUT2D eigenvalue weighted by molar-refractivity contribution is 5.68. The maximum atomic E-state index is 11.3. The first-order chi connectivity index (χ1) is 5.66. The van der Waals surface area contributed by atoms with Crippen molar-refractivity contribution in [3.8, 4) is 0 Å². The summed E-state index contributed by atoms with van der Waals surface area (Å²) in [6, 6.07) is 0.447. The molecule has 1 aliphatic heterocycles. The van der Waals surface area contributed by atoms with Gasteiger partial charge in [-0.15, -0.1) is 0 Å². The van der Waals surface area contributed by atoms with E-state index in [4.69, 9.17) is 0 Å². The second-order valence-electron chi connectivity index (χ2n) is 3.23. The summed E-state index contributed by atoms with van der Waals surface area (Å²) in [5.41, 5.74) is 0. The van der Waals surface area contributed by atoms with E-state index in [-0.39, 0.29) is 18.2 Å². The monoisotopic (exact) mass is 172 g/mol. The number of amides is 1. The normalized spacial score (nSPS) is 30.1. The van der Waals surface area contributed by atoms with Gasteiger partial charge in [0.25, 0.3) is 0 Å². The lowest BCUT2D eigenvalue weighted by molar-refractivity contribution is 0.0758. The molecule has 2 atom stereocenters. The van der Waals surface area contributed by atoms with Crippen molar-refractivity contribution in [1.82, 2.24) is 10.2 Å². The molecule has 0 bridgehead atoms. The number of carbonyl (C=O) groups excluding carboxylic acids is 1. The van der Waals surface area contributed by atoms with Gasteiger partial charge in [-0.1, -0.05) is 0 Å². The summed E-state index contributed by atoms with van der Waals surface area (Å²) in [7, 11) is 1.42. The van der Waals surface area contributed by atoms with Crippen LogP contribution in [0.25, 0.3) is 0 Å². The molecule has 12 heavy (non-hydrogen) atoms. The smallest absolute Gasteiger partial charge is 0.410 e. The predicted octanol–water partition coefficient (Wildman–Crippen LogP) is 0.435. The van der Waals surface area contributed by atoms with Crippen LogP contribution in [0.4, 0.5) is 4.79 Å². The molecule has 1 aliphatic rings. The average Bonchev–Trinajstić information content (AvgIpc) is 2.03. The number of nitrogens with one attached hydrogen (secondary N) is 1. The second kappa shape index (κ2) is 3.76. The van der Waals surface area contributed by atoms with Crippen LogP contribution in [0.15, 0.2) is 0 Å². The van der Waals surface area contributed by atoms with Crippen molar-refractivity contribution in [2.75, 3.05) is 20.2 Å². The minimum atomic E-state index is -0.225. The number of piperazine rings is 1. The van der Waals surface area contributed by atoms with E-state index in [1.54, 1.807) is 4.90 Å². The summed E-state index contributed by atoms with van der Waals surface area (Å²) in [5, 5.41) is 3.24. The van der Waals surface area contributed by atoms with Gasteiger partial charge in [0.1, 0.15) is 0 Å². The Kier molecular flexibility index (Phi) is 2.92. The Balaban J connectivity index is 2.62. The number of hydrogen-bond donors (Lipinski definition) is 1. The van der Waals surface area contributed by atoms with Crippen LogP contribution < -0.4 is 5.32 Å².